The van der Waals surface area contributed by atoms with Gasteiger partial charge in [0.2, 0.25) is 11.5 Å². The monoisotopic (exact) mass is 231 g/mol. The van der Waals surface area contributed by atoms with E-state index in [1.54, 1.807) is 18.2 Å². The molecule has 0 saturated heterocycles. The number of ketones is 1. The van der Waals surface area contributed by atoms with Gasteiger partial charge in [0.15, 0.2) is 0 Å². The van der Waals surface area contributed by atoms with Crippen molar-refractivity contribution in [3.05, 3.63) is 46.0 Å². The summed E-state index contributed by atoms with van der Waals surface area (Å²) in [6.07, 6.45) is 0. The van der Waals surface area contributed by atoms with Crippen LogP contribution in [-0.4, -0.2) is 28.3 Å². The lowest BCUT2D eigenvalue weighted by Gasteiger charge is -1.98. The molecule has 0 aromatic heterocycles. The van der Waals surface area contributed by atoms with Crippen molar-refractivity contribution < 1.29 is 14.5 Å². The average molecular weight is 231 g/mol. The van der Waals surface area contributed by atoms with E-state index in [4.69, 9.17) is 0 Å². The van der Waals surface area contributed by atoms with Crippen molar-refractivity contribution in [3.8, 4) is 0 Å². The molecule has 0 radical (unpaired) electrons. The summed E-state index contributed by atoms with van der Waals surface area (Å²) in [5, 5.41) is 10.6. The fraction of sp³-hybridized carbons (Fsp3) is 0. The van der Waals surface area contributed by atoms with Crippen molar-refractivity contribution in [2.75, 3.05) is 0 Å². The number of nitro groups is 1. The highest BCUT2D eigenvalue weighted by atomic mass is 16.6. The number of amides is 2. The summed E-state index contributed by atoms with van der Waals surface area (Å²) in [5.41, 5.74) is -0.304. The van der Waals surface area contributed by atoms with E-state index in [1.165, 1.54) is 12.1 Å². The van der Waals surface area contributed by atoms with Crippen LogP contribution in [0.4, 0.5) is 4.79 Å². The van der Waals surface area contributed by atoms with E-state index in [-0.39, 0.29) is 5.56 Å². The molecule has 0 atom stereocenters. The topological polar surface area (TPSA) is 102 Å². The Bertz CT molecular complexity index is 574. The zero-order chi connectivity index (χ0) is 12.4. The minimum Gasteiger partial charge on any atom is -0.358 e. The first-order chi connectivity index (χ1) is 8.09. The molecular formula is C10H5N3O4. The lowest BCUT2D eigenvalue weighted by Crippen LogP contribution is -2.28. The van der Waals surface area contributed by atoms with Gasteiger partial charge >= 0.3 is 11.9 Å². The van der Waals surface area contributed by atoms with Crippen LogP contribution in [0.1, 0.15) is 10.4 Å². The van der Waals surface area contributed by atoms with E-state index in [0.29, 0.717) is 0 Å². The summed E-state index contributed by atoms with van der Waals surface area (Å²) in [6.45, 7) is 0. The minimum absolute atomic E-state index is 0.218. The summed E-state index contributed by atoms with van der Waals surface area (Å²) >= 11 is 0. The van der Waals surface area contributed by atoms with Gasteiger partial charge in [-0.1, -0.05) is 30.3 Å². The van der Waals surface area contributed by atoms with Gasteiger partial charge in [-0.3, -0.25) is 4.79 Å². The Morgan fingerprint density at radius 3 is 2.41 bits per heavy atom. The highest BCUT2D eigenvalue weighted by Gasteiger charge is 2.36. The number of amidine groups is 1. The number of Topliss-reactive ketones (excluding diaryl/α,β-unsaturated/α-hetero) is 1. The molecule has 1 aromatic carbocycles. The number of rotatable bonds is 2. The minimum atomic E-state index is -1.03. The largest absolute Gasteiger partial charge is 0.477 e. The van der Waals surface area contributed by atoms with Crippen LogP contribution < -0.4 is 0 Å². The zero-order valence-electron chi connectivity index (χ0n) is 8.36. The van der Waals surface area contributed by atoms with Crippen LogP contribution in [0.25, 0.3) is 0 Å². The van der Waals surface area contributed by atoms with Gasteiger partial charge in [-0.25, -0.2) is 4.79 Å². The van der Waals surface area contributed by atoms with Crippen LogP contribution in [0.2, 0.25) is 0 Å². The average Bonchev–Trinajstić information content (AvgIpc) is 2.72. The molecule has 1 aliphatic heterocycles. The smallest absolute Gasteiger partial charge is 0.358 e. The van der Waals surface area contributed by atoms with Gasteiger partial charge in [0.1, 0.15) is 0 Å². The van der Waals surface area contributed by atoms with Gasteiger partial charge in [0.05, 0.1) is 0 Å². The molecule has 84 valence electrons. The van der Waals surface area contributed by atoms with Gasteiger partial charge in [-0.05, 0) is 4.92 Å². The molecule has 1 heterocycles. The maximum atomic E-state index is 11.8. The molecule has 1 aliphatic rings. The number of benzene rings is 1. The Morgan fingerprint density at radius 2 is 1.82 bits per heavy atom. The van der Waals surface area contributed by atoms with Crippen molar-refractivity contribution in [2.24, 2.45) is 9.98 Å². The molecule has 0 unspecified atom stereocenters. The second kappa shape index (κ2) is 4.05. The van der Waals surface area contributed by atoms with Crippen molar-refractivity contribution in [2.45, 2.75) is 0 Å². The predicted octanol–water partition coefficient (Wildman–Crippen LogP) is 1.12. The Labute approximate surface area is 94.7 Å². The third-order valence-electron chi connectivity index (χ3n) is 2.04. The highest BCUT2D eigenvalue weighted by molar-refractivity contribution is 6.70. The molecule has 0 bridgehead atoms. The van der Waals surface area contributed by atoms with Crippen LogP contribution in [0, 0.1) is 10.1 Å². The number of nitrogens with zero attached hydrogens (tertiary/aromatic N) is 3. The van der Waals surface area contributed by atoms with Gasteiger partial charge < -0.3 is 10.1 Å². The Kier molecular flexibility index (Phi) is 2.57. The van der Waals surface area contributed by atoms with Crippen LogP contribution >= 0.6 is 0 Å². The summed E-state index contributed by atoms with van der Waals surface area (Å²) in [5.74, 6) is -1.49. The summed E-state index contributed by atoms with van der Waals surface area (Å²) in [7, 11) is 0. The third-order valence-corrected chi connectivity index (χ3v) is 2.04. The van der Waals surface area contributed by atoms with Gasteiger partial charge in [-0.2, -0.15) is 4.99 Å². The maximum absolute atomic E-state index is 11.8. The predicted molar refractivity (Wildman–Crippen MR) is 58.0 cm³/mol. The molecule has 2 rings (SSSR count). The van der Waals surface area contributed by atoms with E-state index < -0.39 is 28.3 Å². The molecular weight excluding hydrogens is 226 g/mol. The quantitative estimate of drug-likeness (QED) is 0.432. The van der Waals surface area contributed by atoms with Crippen LogP contribution in [0.3, 0.4) is 0 Å². The SMILES string of the molecule is O=C1N=C(C(=O)c2ccccc2)C([N+](=O)[O-])=N1. The fourth-order valence-electron chi connectivity index (χ4n) is 1.32. The molecule has 17 heavy (non-hydrogen) atoms. The standard InChI is InChI=1S/C10H5N3O4/c14-8(6-4-2-1-3-5-6)7-9(13(16)17)12-10(15)11-7/h1-5H. The van der Waals surface area contributed by atoms with Gasteiger partial charge in [-0.15, -0.1) is 0 Å². The number of hydrogen-bond donors (Lipinski definition) is 0. The first kappa shape index (κ1) is 10.8. The molecule has 0 fully saturated rings. The van der Waals surface area contributed by atoms with E-state index >= 15 is 0 Å². The number of hydrogen-bond acceptors (Lipinski definition) is 4. The zero-order valence-corrected chi connectivity index (χ0v) is 8.36. The normalized spacial score (nSPS) is 14.2. The second-order valence-electron chi connectivity index (χ2n) is 3.13. The van der Waals surface area contributed by atoms with Crippen molar-refractivity contribution >= 4 is 23.4 Å². The molecule has 0 aliphatic carbocycles. The second-order valence-corrected chi connectivity index (χ2v) is 3.13. The molecule has 0 saturated carbocycles. The third kappa shape index (κ3) is 1.98. The first-order valence-corrected chi connectivity index (χ1v) is 4.55. The lowest BCUT2D eigenvalue weighted by atomic mass is 10.1. The molecule has 7 nitrogen and oxygen atoms in total. The summed E-state index contributed by atoms with van der Waals surface area (Å²) in [6, 6.07) is 6.83. The van der Waals surface area contributed by atoms with Crippen molar-refractivity contribution in [1.82, 2.24) is 0 Å². The summed E-state index contributed by atoms with van der Waals surface area (Å²) in [4.78, 5) is 38.7. The van der Waals surface area contributed by atoms with Crippen molar-refractivity contribution in [3.63, 3.8) is 0 Å². The molecule has 2 amide bonds. The van der Waals surface area contributed by atoms with E-state index in [0.717, 1.165) is 0 Å². The van der Waals surface area contributed by atoms with Crippen molar-refractivity contribution in [1.29, 1.82) is 0 Å². The van der Waals surface area contributed by atoms with Gasteiger partial charge in [0.25, 0.3) is 0 Å². The molecule has 7 heteroatoms. The summed E-state index contributed by atoms with van der Waals surface area (Å²) < 4.78 is 0. The Balaban J connectivity index is 2.40. The molecule has 0 spiro atoms. The molecule has 0 N–H and O–H groups in total. The molecule has 1 aromatic rings. The number of carbonyl (C=O) groups is 2. The van der Waals surface area contributed by atoms with E-state index in [9.17, 15) is 19.7 Å². The van der Waals surface area contributed by atoms with Crippen LogP contribution in [0.15, 0.2) is 40.3 Å². The van der Waals surface area contributed by atoms with Crippen LogP contribution in [0.5, 0.6) is 0 Å². The number of carbonyl (C=O) groups excluding carboxylic acids is 2. The number of urea groups is 1. The first-order valence-electron chi connectivity index (χ1n) is 4.55. The van der Waals surface area contributed by atoms with Crippen LogP contribution in [-0.2, 0) is 0 Å². The van der Waals surface area contributed by atoms with E-state index in [1.807, 2.05) is 0 Å². The maximum Gasteiger partial charge on any atom is 0.477 e. The fourth-order valence-corrected chi connectivity index (χ4v) is 1.32. The number of aliphatic imine (C=N–C) groups is 2. The van der Waals surface area contributed by atoms with E-state index in [2.05, 4.69) is 9.98 Å². The Hall–Kier alpha value is -2.70. The Morgan fingerprint density at radius 1 is 1.18 bits per heavy atom. The highest BCUT2D eigenvalue weighted by Crippen LogP contribution is 2.08. The van der Waals surface area contributed by atoms with Gasteiger partial charge in [0, 0.05) is 10.6 Å². The lowest BCUT2D eigenvalue weighted by molar-refractivity contribution is -0.345.